The summed E-state index contributed by atoms with van der Waals surface area (Å²) in [7, 11) is 0. The molecule has 6 rings (SSSR count). The molecule has 2 N–H and O–H groups in total. The minimum absolute atomic E-state index is 0.115. The van der Waals surface area contributed by atoms with E-state index >= 15 is 0 Å². The SMILES string of the molecule is O[C@H]1C=C[C@H]2[C@H]3Cc4ccc(OCCN5CCOCC5)c5c4[C@@]2(CCN3)[C@H]1O5. The second-order valence-electron chi connectivity index (χ2n) is 8.72. The minimum atomic E-state index is -0.561. The normalized spacial score (nSPS) is 38.0. The molecule has 0 aromatic heterocycles. The maximum Gasteiger partial charge on any atom is 0.165 e. The molecule has 2 aliphatic carbocycles. The predicted octanol–water partition coefficient (Wildman–Crippen LogP) is 0.861. The molecule has 0 radical (unpaired) electrons. The van der Waals surface area contributed by atoms with Crippen LogP contribution in [0.5, 0.6) is 11.5 Å². The van der Waals surface area contributed by atoms with Crippen molar-refractivity contribution in [2.24, 2.45) is 5.92 Å². The fourth-order valence-corrected chi connectivity index (χ4v) is 6.19. The van der Waals surface area contributed by atoms with Crippen LogP contribution >= 0.6 is 0 Å². The first-order valence-electron chi connectivity index (χ1n) is 10.6. The number of hydrogen-bond acceptors (Lipinski definition) is 6. The molecular formula is C22H28N2O4. The van der Waals surface area contributed by atoms with E-state index in [4.69, 9.17) is 14.2 Å². The number of aliphatic hydroxyl groups excluding tert-OH is 1. The van der Waals surface area contributed by atoms with Gasteiger partial charge in [0.2, 0.25) is 0 Å². The lowest BCUT2D eigenvalue weighted by Gasteiger charge is -2.53. The van der Waals surface area contributed by atoms with Crippen LogP contribution in [-0.2, 0) is 16.6 Å². The summed E-state index contributed by atoms with van der Waals surface area (Å²) in [5, 5.41) is 14.4. The van der Waals surface area contributed by atoms with E-state index in [-0.39, 0.29) is 11.5 Å². The van der Waals surface area contributed by atoms with Crippen molar-refractivity contribution in [1.29, 1.82) is 0 Å². The van der Waals surface area contributed by atoms with Crippen LogP contribution in [0.15, 0.2) is 24.3 Å². The zero-order chi connectivity index (χ0) is 18.7. The van der Waals surface area contributed by atoms with Crippen molar-refractivity contribution in [3.05, 3.63) is 35.4 Å². The number of aliphatic hydroxyl groups is 1. The van der Waals surface area contributed by atoms with Gasteiger partial charge in [-0.1, -0.05) is 18.2 Å². The summed E-state index contributed by atoms with van der Waals surface area (Å²) in [6.07, 6.45) is 5.41. The highest BCUT2D eigenvalue weighted by Crippen LogP contribution is 2.61. The first kappa shape index (κ1) is 17.3. The Balaban J connectivity index is 1.32. The first-order chi connectivity index (χ1) is 13.8. The zero-order valence-electron chi connectivity index (χ0n) is 16.1. The van der Waals surface area contributed by atoms with E-state index in [1.807, 2.05) is 6.08 Å². The molecule has 1 spiro atoms. The van der Waals surface area contributed by atoms with Crippen molar-refractivity contribution >= 4 is 0 Å². The second kappa shape index (κ2) is 6.46. The van der Waals surface area contributed by atoms with Gasteiger partial charge in [-0.2, -0.15) is 0 Å². The third kappa shape index (κ3) is 2.35. The standard InChI is InChI=1S/C22H28N2O4/c25-17-3-2-15-16-13-14-1-4-18(27-12-9-24-7-10-26-11-8-24)20-19(14)22(15,5-6-23-16)21(17)28-20/h1-4,15-17,21,23,25H,5-13H2/t15-,16+,17-,21-,22-/m0/s1. The van der Waals surface area contributed by atoms with Crippen LogP contribution in [0, 0.1) is 5.92 Å². The van der Waals surface area contributed by atoms with Crippen LogP contribution in [0.2, 0.25) is 0 Å². The van der Waals surface area contributed by atoms with Gasteiger partial charge < -0.3 is 24.6 Å². The predicted molar refractivity (Wildman–Crippen MR) is 104 cm³/mol. The Morgan fingerprint density at radius 3 is 3.04 bits per heavy atom. The largest absolute Gasteiger partial charge is 0.488 e. The van der Waals surface area contributed by atoms with Crippen molar-refractivity contribution in [2.75, 3.05) is 46.0 Å². The van der Waals surface area contributed by atoms with Gasteiger partial charge in [-0.15, -0.1) is 0 Å². The third-order valence-electron chi connectivity index (χ3n) is 7.43. The zero-order valence-corrected chi connectivity index (χ0v) is 16.1. The van der Waals surface area contributed by atoms with Crippen molar-refractivity contribution in [3.8, 4) is 11.5 Å². The molecule has 6 heteroatoms. The number of piperidine rings is 1. The minimum Gasteiger partial charge on any atom is -0.488 e. The Kier molecular flexibility index (Phi) is 3.98. The molecule has 2 saturated heterocycles. The molecule has 6 nitrogen and oxygen atoms in total. The highest BCUT2D eigenvalue weighted by Gasteiger charge is 2.63. The third-order valence-corrected chi connectivity index (χ3v) is 7.43. The number of hydrogen-bond donors (Lipinski definition) is 2. The number of morpholine rings is 1. The molecule has 2 fully saturated rings. The van der Waals surface area contributed by atoms with Crippen LogP contribution in [0.1, 0.15) is 17.5 Å². The summed E-state index contributed by atoms with van der Waals surface area (Å²) in [6, 6.07) is 4.71. The van der Waals surface area contributed by atoms with Gasteiger partial charge in [0, 0.05) is 42.6 Å². The number of nitrogens with zero attached hydrogens (tertiary/aromatic N) is 1. The molecule has 1 aromatic carbocycles. The maximum absolute atomic E-state index is 10.7. The van der Waals surface area contributed by atoms with Crippen molar-refractivity contribution in [1.82, 2.24) is 10.2 Å². The Labute approximate surface area is 165 Å². The van der Waals surface area contributed by atoms with Crippen molar-refractivity contribution in [3.63, 3.8) is 0 Å². The monoisotopic (exact) mass is 384 g/mol. The van der Waals surface area contributed by atoms with Crippen LogP contribution in [0.3, 0.4) is 0 Å². The Morgan fingerprint density at radius 1 is 1.25 bits per heavy atom. The molecule has 3 aliphatic heterocycles. The van der Waals surface area contributed by atoms with E-state index in [1.54, 1.807) is 0 Å². The molecule has 0 amide bonds. The number of ether oxygens (including phenoxy) is 3. The molecule has 0 unspecified atom stereocenters. The summed E-state index contributed by atoms with van der Waals surface area (Å²) in [4.78, 5) is 2.38. The van der Waals surface area contributed by atoms with Crippen LogP contribution in [0.4, 0.5) is 0 Å². The van der Waals surface area contributed by atoms with Crippen LogP contribution in [-0.4, -0.2) is 74.3 Å². The van der Waals surface area contributed by atoms with Crippen LogP contribution in [0.25, 0.3) is 0 Å². The molecule has 5 atom stereocenters. The fraction of sp³-hybridized carbons (Fsp3) is 0.636. The fourth-order valence-electron chi connectivity index (χ4n) is 6.19. The Hall–Kier alpha value is -1.60. The maximum atomic E-state index is 10.7. The smallest absolute Gasteiger partial charge is 0.165 e. The van der Waals surface area contributed by atoms with Gasteiger partial charge >= 0.3 is 0 Å². The lowest BCUT2D eigenvalue weighted by Crippen LogP contribution is -2.64. The topological polar surface area (TPSA) is 63.2 Å². The van der Waals surface area contributed by atoms with Gasteiger partial charge in [0.05, 0.1) is 13.2 Å². The number of rotatable bonds is 4. The van der Waals surface area contributed by atoms with Gasteiger partial charge in [-0.3, -0.25) is 4.90 Å². The second-order valence-corrected chi connectivity index (χ2v) is 8.72. The average molecular weight is 384 g/mol. The Morgan fingerprint density at radius 2 is 2.14 bits per heavy atom. The quantitative estimate of drug-likeness (QED) is 0.751. The Bertz CT molecular complexity index is 806. The summed E-state index contributed by atoms with van der Waals surface area (Å²) >= 11 is 0. The van der Waals surface area contributed by atoms with E-state index in [2.05, 4.69) is 28.4 Å². The molecule has 5 aliphatic rings. The van der Waals surface area contributed by atoms with Gasteiger partial charge in [-0.25, -0.2) is 0 Å². The van der Waals surface area contributed by atoms with E-state index in [0.717, 1.165) is 63.7 Å². The van der Waals surface area contributed by atoms with Gasteiger partial charge in [-0.05, 0) is 31.0 Å². The lowest BCUT2D eigenvalue weighted by atomic mass is 9.54. The summed E-state index contributed by atoms with van der Waals surface area (Å²) in [5.41, 5.74) is 2.55. The summed E-state index contributed by atoms with van der Waals surface area (Å²) in [5.74, 6) is 2.10. The van der Waals surface area contributed by atoms with E-state index in [0.29, 0.717) is 18.6 Å². The van der Waals surface area contributed by atoms with E-state index in [9.17, 15) is 5.11 Å². The van der Waals surface area contributed by atoms with Gasteiger partial charge in [0.25, 0.3) is 0 Å². The van der Waals surface area contributed by atoms with Gasteiger partial charge in [0.1, 0.15) is 18.8 Å². The summed E-state index contributed by atoms with van der Waals surface area (Å²) in [6.45, 7) is 6.06. The van der Waals surface area contributed by atoms with Crippen LogP contribution < -0.4 is 14.8 Å². The summed E-state index contributed by atoms with van der Waals surface area (Å²) < 4.78 is 18.1. The molecule has 2 bridgehead atoms. The molecule has 28 heavy (non-hydrogen) atoms. The molecule has 150 valence electrons. The van der Waals surface area contributed by atoms with E-state index in [1.165, 1.54) is 11.1 Å². The highest BCUT2D eigenvalue weighted by atomic mass is 16.5. The van der Waals surface area contributed by atoms with Gasteiger partial charge in [0.15, 0.2) is 11.5 Å². The van der Waals surface area contributed by atoms with E-state index < -0.39 is 6.10 Å². The van der Waals surface area contributed by atoms with Crippen molar-refractivity contribution in [2.45, 2.75) is 36.5 Å². The highest BCUT2D eigenvalue weighted by molar-refractivity contribution is 5.62. The van der Waals surface area contributed by atoms with Crippen molar-refractivity contribution < 1.29 is 19.3 Å². The molecule has 0 saturated carbocycles. The lowest BCUT2D eigenvalue weighted by molar-refractivity contribution is -0.0180. The first-order valence-corrected chi connectivity index (χ1v) is 10.6. The number of benzene rings is 1. The average Bonchev–Trinajstić information content (AvgIpc) is 3.06. The molecular weight excluding hydrogens is 356 g/mol. The molecule has 3 heterocycles. The molecule has 1 aromatic rings. The number of nitrogens with one attached hydrogen (secondary N) is 1.